The number of alkyl carbamates (subject to hydrolysis) is 1. The molecule has 1 N–H and O–H groups in total. The molecule has 0 bridgehead atoms. The van der Waals surface area contributed by atoms with Crippen LogP contribution in [0.3, 0.4) is 0 Å². The number of amides is 1. The minimum absolute atomic E-state index is 0.125. The van der Waals surface area contributed by atoms with Crippen molar-refractivity contribution in [3.8, 4) is 9.85 Å². The molecule has 0 saturated heterocycles. The van der Waals surface area contributed by atoms with E-state index >= 15 is 0 Å². The Morgan fingerprint density at radius 1 is 1.75 bits per heavy atom. The van der Waals surface area contributed by atoms with Gasteiger partial charge in [-0.25, -0.2) is 4.79 Å². The predicted molar refractivity (Wildman–Crippen MR) is 54.1 cm³/mol. The second-order valence-corrected chi connectivity index (χ2v) is 3.23. The van der Waals surface area contributed by atoms with E-state index in [-0.39, 0.29) is 11.6 Å². The van der Waals surface area contributed by atoms with Crippen molar-refractivity contribution in [1.29, 1.82) is 0 Å². The Labute approximate surface area is 89.3 Å². The van der Waals surface area contributed by atoms with Crippen LogP contribution < -0.4 is 5.32 Å². The highest BCUT2D eigenvalue weighted by Crippen LogP contribution is 2.34. The molecule has 1 aliphatic carbocycles. The molecule has 0 spiro atoms. The summed E-state index contributed by atoms with van der Waals surface area (Å²) >= 11 is 7.14. The molecule has 3 nitrogen and oxygen atoms in total. The van der Waals surface area contributed by atoms with Crippen LogP contribution in [0.2, 0.25) is 0 Å². The number of carbonyl (C=O) groups excluding carboxylic acids is 1. The van der Waals surface area contributed by atoms with E-state index in [1.807, 2.05) is 22.6 Å². The standard InChI is InChI=1S/C7H7ClINO2/c8-5-12-6(11)10-7(1-2-7)3-4-9/h1-2,5H2,(H,10,11). The molecule has 66 valence electrons. The molecule has 0 aliphatic heterocycles. The van der Waals surface area contributed by atoms with Crippen LogP contribution in [0.25, 0.3) is 0 Å². The van der Waals surface area contributed by atoms with Crippen LogP contribution in [0.4, 0.5) is 4.79 Å². The predicted octanol–water partition coefficient (Wildman–Crippen LogP) is 1.84. The monoisotopic (exact) mass is 299 g/mol. The van der Waals surface area contributed by atoms with E-state index in [9.17, 15) is 4.79 Å². The number of hydrogen-bond donors (Lipinski definition) is 1. The van der Waals surface area contributed by atoms with E-state index in [1.165, 1.54) is 0 Å². The van der Waals surface area contributed by atoms with Crippen molar-refractivity contribution in [3.63, 3.8) is 0 Å². The Hall–Kier alpha value is -0.150. The van der Waals surface area contributed by atoms with Crippen molar-refractivity contribution in [2.24, 2.45) is 0 Å². The van der Waals surface area contributed by atoms with Gasteiger partial charge in [-0.3, -0.25) is 0 Å². The molecule has 1 saturated carbocycles. The summed E-state index contributed by atoms with van der Waals surface area (Å²) in [7, 11) is 0. The van der Waals surface area contributed by atoms with Gasteiger partial charge >= 0.3 is 6.09 Å². The van der Waals surface area contributed by atoms with Gasteiger partial charge in [0.15, 0.2) is 6.07 Å². The van der Waals surface area contributed by atoms with Gasteiger partial charge in [-0.05, 0) is 16.8 Å². The summed E-state index contributed by atoms with van der Waals surface area (Å²) in [5.74, 6) is 2.90. The van der Waals surface area contributed by atoms with Gasteiger partial charge in [-0.2, -0.15) is 0 Å². The zero-order valence-electron chi connectivity index (χ0n) is 6.19. The molecule has 1 fully saturated rings. The van der Waals surface area contributed by atoms with Crippen LogP contribution in [0.15, 0.2) is 0 Å². The summed E-state index contributed by atoms with van der Waals surface area (Å²) in [6, 6.07) is -0.125. The van der Waals surface area contributed by atoms with E-state index in [1.54, 1.807) is 0 Å². The number of ether oxygens (including phenoxy) is 1. The average Bonchev–Trinajstić information content (AvgIpc) is 2.70. The fraction of sp³-hybridized carbons (Fsp3) is 0.571. The Balaban J connectivity index is 2.38. The Morgan fingerprint density at radius 2 is 2.42 bits per heavy atom. The van der Waals surface area contributed by atoms with Crippen LogP contribution >= 0.6 is 34.2 Å². The van der Waals surface area contributed by atoms with E-state index in [0.717, 1.165) is 12.8 Å². The number of halogens is 2. The maximum absolute atomic E-state index is 10.9. The summed E-state index contributed by atoms with van der Waals surface area (Å²) in [5, 5.41) is 2.65. The molecular weight excluding hydrogens is 292 g/mol. The zero-order chi connectivity index (χ0) is 9.03. The van der Waals surface area contributed by atoms with E-state index < -0.39 is 6.09 Å². The number of carbonyl (C=O) groups is 1. The molecular formula is C7H7ClINO2. The largest absolute Gasteiger partial charge is 0.433 e. The molecule has 0 aromatic rings. The van der Waals surface area contributed by atoms with Gasteiger partial charge in [0.1, 0.15) is 5.54 Å². The third-order valence-corrected chi connectivity index (χ3v) is 1.94. The van der Waals surface area contributed by atoms with E-state index in [2.05, 4.69) is 19.9 Å². The highest BCUT2D eigenvalue weighted by molar-refractivity contribution is 14.1. The SMILES string of the molecule is O=C(NC1(C#CI)CC1)OCCl. The highest BCUT2D eigenvalue weighted by Gasteiger charge is 2.43. The van der Waals surface area contributed by atoms with Crippen molar-refractivity contribution in [2.75, 3.05) is 6.07 Å². The van der Waals surface area contributed by atoms with Gasteiger partial charge in [0, 0.05) is 22.6 Å². The van der Waals surface area contributed by atoms with Crippen molar-refractivity contribution >= 4 is 40.3 Å². The topological polar surface area (TPSA) is 38.3 Å². The van der Waals surface area contributed by atoms with Gasteiger partial charge in [0.2, 0.25) is 0 Å². The van der Waals surface area contributed by atoms with Gasteiger partial charge in [0.25, 0.3) is 0 Å². The van der Waals surface area contributed by atoms with Crippen LogP contribution in [0.1, 0.15) is 12.8 Å². The van der Waals surface area contributed by atoms with Gasteiger partial charge in [-0.15, -0.1) is 0 Å². The lowest BCUT2D eigenvalue weighted by molar-refractivity contribution is 0.161. The first-order chi connectivity index (χ1) is 5.72. The summed E-state index contributed by atoms with van der Waals surface area (Å²) in [4.78, 5) is 10.9. The minimum Gasteiger partial charge on any atom is -0.433 e. The summed E-state index contributed by atoms with van der Waals surface area (Å²) < 4.78 is 7.24. The first kappa shape index (κ1) is 9.93. The molecule has 1 rings (SSSR count). The first-order valence-corrected chi connectivity index (χ1v) is 4.97. The number of nitrogens with one attached hydrogen (secondary N) is 1. The Kier molecular flexibility index (Phi) is 3.47. The molecule has 12 heavy (non-hydrogen) atoms. The zero-order valence-corrected chi connectivity index (χ0v) is 9.11. The quantitative estimate of drug-likeness (QED) is 0.480. The maximum atomic E-state index is 10.9. The second-order valence-electron chi connectivity index (χ2n) is 2.47. The van der Waals surface area contributed by atoms with Crippen molar-refractivity contribution < 1.29 is 9.53 Å². The molecule has 1 amide bonds. The van der Waals surface area contributed by atoms with Crippen LogP contribution in [0, 0.1) is 9.85 Å². The lowest BCUT2D eigenvalue weighted by Crippen LogP contribution is -2.35. The summed E-state index contributed by atoms with van der Waals surface area (Å²) in [6.07, 6.45) is 1.28. The lowest BCUT2D eigenvalue weighted by Gasteiger charge is -2.08. The third kappa shape index (κ3) is 2.72. The fourth-order valence-corrected chi connectivity index (χ4v) is 1.39. The molecule has 0 aromatic carbocycles. The molecule has 0 unspecified atom stereocenters. The second kappa shape index (κ2) is 4.19. The van der Waals surface area contributed by atoms with E-state index in [0.29, 0.717) is 0 Å². The van der Waals surface area contributed by atoms with Crippen molar-refractivity contribution in [2.45, 2.75) is 18.4 Å². The van der Waals surface area contributed by atoms with E-state index in [4.69, 9.17) is 11.6 Å². The summed E-state index contributed by atoms with van der Waals surface area (Å²) in [5.41, 5.74) is -0.329. The van der Waals surface area contributed by atoms with Gasteiger partial charge < -0.3 is 10.1 Å². The minimum atomic E-state index is -0.498. The fourth-order valence-electron chi connectivity index (χ4n) is 0.778. The van der Waals surface area contributed by atoms with Crippen LogP contribution in [0.5, 0.6) is 0 Å². The molecule has 0 aromatic heterocycles. The highest BCUT2D eigenvalue weighted by atomic mass is 127. The lowest BCUT2D eigenvalue weighted by atomic mass is 10.3. The van der Waals surface area contributed by atoms with Gasteiger partial charge in [0.05, 0.1) is 0 Å². The average molecular weight is 299 g/mol. The normalized spacial score (nSPS) is 17.2. The Morgan fingerprint density at radius 3 is 2.83 bits per heavy atom. The molecule has 0 atom stereocenters. The number of alkyl halides is 1. The van der Waals surface area contributed by atoms with Crippen LogP contribution in [-0.2, 0) is 4.74 Å². The van der Waals surface area contributed by atoms with Gasteiger partial charge in [-0.1, -0.05) is 17.5 Å². The van der Waals surface area contributed by atoms with Crippen LogP contribution in [-0.4, -0.2) is 17.7 Å². The Bertz CT molecular complexity index is 242. The molecule has 0 heterocycles. The smallest absolute Gasteiger partial charge is 0.409 e. The number of rotatable bonds is 2. The molecule has 0 radical (unpaired) electrons. The first-order valence-electron chi connectivity index (χ1n) is 3.36. The van der Waals surface area contributed by atoms with Crippen molar-refractivity contribution in [1.82, 2.24) is 5.32 Å². The third-order valence-electron chi connectivity index (χ3n) is 1.56. The number of hydrogen-bond acceptors (Lipinski definition) is 2. The van der Waals surface area contributed by atoms with Crippen molar-refractivity contribution in [3.05, 3.63) is 0 Å². The maximum Gasteiger partial charge on any atom is 0.409 e. The molecule has 1 aliphatic rings. The summed E-state index contributed by atoms with van der Waals surface area (Å²) in [6.45, 7) is 0. The molecule has 5 heteroatoms.